The Morgan fingerprint density at radius 3 is 2.46 bits per heavy atom. The molecule has 1 atom stereocenters. The fourth-order valence-electron chi connectivity index (χ4n) is 3.11. The molecule has 130 valence electrons. The van der Waals surface area contributed by atoms with Crippen LogP contribution >= 0.6 is 0 Å². The van der Waals surface area contributed by atoms with Crippen LogP contribution < -0.4 is 10.1 Å². The predicted molar refractivity (Wildman–Crippen MR) is 92.9 cm³/mol. The summed E-state index contributed by atoms with van der Waals surface area (Å²) in [5, 5.41) is 2.96. The van der Waals surface area contributed by atoms with Gasteiger partial charge in [-0.05, 0) is 63.8 Å². The van der Waals surface area contributed by atoms with Crippen molar-refractivity contribution in [3.63, 3.8) is 0 Å². The van der Waals surface area contributed by atoms with Gasteiger partial charge in [0.25, 0.3) is 0 Å². The van der Waals surface area contributed by atoms with Crippen molar-refractivity contribution in [3.05, 3.63) is 24.3 Å². The number of benzene rings is 1. The maximum Gasteiger partial charge on any atom is 0.229 e. The Morgan fingerprint density at radius 1 is 1.12 bits per heavy atom. The smallest absolute Gasteiger partial charge is 0.229 e. The van der Waals surface area contributed by atoms with Gasteiger partial charge in [-0.25, -0.2) is 0 Å². The van der Waals surface area contributed by atoms with Gasteiger partial charge >= 0.3 is 0 Å². The third-order valence-electron chi connectivity index (χ3n) is 4.52. The van der Waals surface area contributed by atoms with E-state index >= 15 is 0 Å². The zero-order valence-corrected chi connectivity index (χ0v) is 14.5. The van der Waals surface area contributed by atoms with Gasteiger partial charge in [-0.2, -0.15) is 0 Å². The van der Waals surface area contributed by atoms with E-state index in [2.05, 4.69) is 5.32 Å². The number of nitrogens with zero attached hydrogens (tertiary/aromatic N) is 1. The summed E-state index contributed by atoms with van der Waals surface area (Å²) in [6, 6.07) is 7.43. The van der Waals surface area contributed by atoms with Crippen LogP contribution in [0.5, 0.6) is 5.75 Å². The summed E-state index contributed by atoms with van der Waals surface area (Å²) in [5.41, 5.74) is 0.766. The highest BCUT2D eigenvalue weighted by atomic mass is 16.5. The van der Waals surface area contributed by atoms with E-state index in [-0.39, 0.29) is 29.8 Å². The highest BCUT2D eigenvalue weighted by molar-refractivity contribution is 5.93. The number of anilines is 1. The number of ether oxygens (including phenoxy) is 1. The molecule has 1 aliphatic heterocycles. The van der Waals surface area contributed by atoms with E-state index in [1.54, 1.807) is 0 Å². The van der Waals surface area contributed by atoms with E-state index in [1.807, 2.05) is 43.0 Å². The molecule has 1 saturated heterocycles. The number of hydrogen-bond donors (Lipinski definition) is 1. The molecule has 2 aliphatic rings. The molecule has 0 aromatic heterocycles. The van der Waals surface area contributed by atoms with Crippen molar-refractivity contribution in [1.29, 1.82) is 0 Å². The molecule has 1 saturated carbocycles. The van der Waals surface area contributed by atoms with Crippen molar-refractivity contribution in [2.45, 2.75) is 45.6 Å². The van der Waals surface area contributed by atoms with Crippen LogP contribution in [0.2, 0.25) is 0 Å². The SMILES string of the molecule is CC(C)Oc1ccc(NC(=O)C2CCCN(C(=O)C3CC3)C2)cc1. The maximum atomic E-state index is 12.5. The molecule has 5 heteroatoms. The first kappa shape index (κ1) is 16.8. The van der Waals surface area contributed by atoms with E-state index in [4.69, 9.17) is 4.74 Å². The van der Waals surface area contributed by atoms with Crippen LogP contribution in [0.1, 0.15) is 39.5 Å². The third-order valence-corrected chi connectivity index (χ3v) is 4.52. The quantitative estimate of drug-likeness (QED) is 0.903. The summed E-state index contributed by atoms with van der Waals surface area (Å²) in [6.07, 6.45) is 3.89. The second-order valence-corrected chi connectivity index (χ2v) is 7.08. The van der Waals surface area contributed by atoms with Crippen molar-refractivity contribution in [1.82, 2.24) is 4.90 Å². The van der Waals surface area contributed by atoms with Crippen molar-refractivity contribution in [2.24, 2.45) is 11.8 Å². The van der Waals surface area contributed by atoms with Crippen LogP contribution in [-0.2, 0) is 9.59 Å². The van der Waals surface area contributed by atoms with E-state index in [0.29, 0.717) is 6.54 Å². The number of likely N-dealkylation sites (tertiary alicyclic amines) is 1. The van der Waals surface area contributed by atoms with Gasteiger partial charge in [-0.15, -0.1) is 0 Å². The van der Waals surface area contributed by atoms with Crippen molar-refractivity contribution in [3.8, 4) is 5.75 Å². The molecule has 5 nitrogen and oxygen atoms in total. The lowest BCUT2D eigenvalue weighted by Gasteiger charge is -2.32. The topological polar surface area (TPSA) is 58.6 Å². The van der Waals surface area contributed by atoms with E-state index < -0.39 is 0 Å². The van der Waals surface area contributed by atoms with E-state index in [0.717, 1.165) is 43.7 Å². The fraction of sp³-hybridized carbons (Fsp3) is 0.579. The second kappa shape index (κ2) is 7.24. The van der Waals surface area contributed by atoms with Gasteiger partial charge in [-0.1, -0.05) is 0 Å². The van der Waals surface area contributed by atoms with E-state index in [9.17, 15) is 9.59 Å². The number of amides is 2. The number of nitrogens with one attached hydrogen (secondary N) is 1. The molecule has 3 rings (SSSR count). The van der Waals surface area contributed by atoms with Gasteiger partial charge in [0.05, 0.1) is 12.0 Å². The van der Waals surface area contributed by atoms with Gasteiger partial charge in [0, 0.05) is 24.7 Å². The summed E-state index contributed by atoms with van der Waals surface area (Å²) in [5.74, 6) is 1.14. The van der Waals surface area contributed by atoms with Gasteiger partial charge in [0.15, 0.2) is 0 Å². The molecule has 0 spiro atoms. The molecule has 1 N–H and O–H groups in total. The lowest BCUT2D eigenvalue weighted by molar-refractivity contribution is -0.135. The molecular formula is C19H26N2O3. The zero-order valence-electron chi connectivity index (χ0n) is 14.5. The largest absolute Gasteiger partial charge is 0.491 e. The van der Waals surface area contributed by atoms with Gasteiger partial charge in [0.1, 0.15) is 5.75 Å². The number of carbonyl (C=O) groups is 2. The first-order chi connectivity index (χ1) is 11.5. The Bertz CT molecular complexity index is 593. The normalized spacial score (nSPS) is 20.8. The van der Waals surface area contributed by atoms with Crippen LogP contribution in [0.15, 0.2) is 24.3 Å². The molecule has 2 fully saturated rings. The minimum absolute atomic E-state index is 0.000764. The zero-order chi connectivity index (χ0) is 17.1. The Hall–Kier alpha value is -2.04. The molecule has 1 aromatic rings. The maximum absolute atomic E-state index is 12.5. The molecular weight excluding hydrogens is 304 g/mol. The third kappa shape index (κ3) is 4.28. The lowest BCUT2D eigenvalue weighted by Crippen LogP contribution is -2.44. The number of hydrogen-bond acceptors (Lipinski definition) is 3. The Morgan fingerprint density at radius 2 is 1.83 bits per heavy atom. The Labute approximate surface area is 143 Å². The molecule has 1 aromatic carbocycles. The summed E-state index contributed by atoms with van der Waals surface area (Å²) >= 11 is 0. The molecule has 1 aliphatic carbocycles. The first-order valence-corrected chi connectivity index (χ1v) is 8.89. The molecule has 2 amide bonds. The van der Waals surface area contributed by atoms with Crippen LogP contribution in [0.4, 0.5) is 5.69 Å². The fourth-order valence-corrected chi connectivity index (χ4v) is 3.11. The minimum Gasteiger partial charge on any atom is -0.491 e. The van der Waals surface area contributed by atoms with Crippen molar-refractivity contribution in [2.75, 3.05) is 18.4 Å². The first-order valence-electron chi connectivity index (χ1n) is 8.89. The highest BCUT2D eigenvalue weighted by Gasteiger charge is 2.36. The van der Waals surface area contributed by atoms with Gasteiger partial charge in [-0.3, -0.25) is 9.59 Å². The number of piperidine rings is 1. The monoisotopic (exact) mass is 330 g/mol. The summed E-state index contributed by atoms with van der Waals surface area (Å²) in [7, 11) is 0. The molecule has 0 radical (unpaired) electrons. The van der Waals surface area contributed by atoms with Gasteiger partial charge < -0.3 is 15.0 Å². The summed E-state index contributed by atoms with van der Waals surface area (Å²) in [6.45, 7) is 5.30. The molecule has 1 heterocycles. The minimum atomic E-state index is -0.118. The average Bonchev–Trinajstić information content (AvgIpc) is 3.40. The van der Waals surface area contributed by atoms with Crippen LogP contribution in [-0.4, -0.2) is 35.9 Å². The standard InChI is InChI=1S/C19H26N2O3/c1-13(2)24-17-9-7-16(8-10-17)20-18(22)15-4-3-11-21(12-15)19(23)14-5-6-14/h7-10,13-15H,3-6,11-12H2,1-2H3,(H,20,22). The molecule has 24 heavy (non-hydrogen) atoms. The molecule has 1 unspecified atom stereocenters. The Balaban J connectivity index is 1.54. The van der Waals surface area contributed by atoms with Crippen molar-refractivity contribution >= 4 is 17.5 Å². The second-order valence-electron chi connectivity index (χ2n) is 7.08. The van der Waals surface area contributed by atoms with Gasteiger partial charge in [0.2, 0.25) is 11.8 Å². The lowest BCUT2D eigenvalue weighted by atomic mass is 9.96. The number of rotatable bonds is 5. The van der Waals surface area contributed by atoms with Crippen molar-refractivity contribution < 1.29 is 14.3 Å². The van der Waals surface area contributed by atoms with E-state index in [1.165, 1.54) is 0 Å². The average molecular weight is 330 g/mol. The summed E-state index contributed by atoms with van der Waals surface area (Å²) < 4.78 is 5.60. The van der Waals surface area contributed by atoms with Crippen LogP contribution in [0.3, 0.4) is 0 Å². The predicted octanol–water partition coefficient (Wildman–Crippen LogP) is 3.06. The highest BCUT2D eigenvalue weighted by Crippen LogP contribution is 2.32. The Kier molecular flexibility index (Phi) is 5.07. The summed E-state index contributed by atoms with van der Waals surface area (Å²) in [4.78, 5) is 26.6. The van der Waals surface area contributed by atoms with Crippen LogP contribution in [0.25, 0.3) is 0 Å². The molecule has 0 bridgehead atoms. The van der Waals surface area contributed by atoms with Crippen LogP contribution in [0, 0.1) is 11.8 Å². The number of carbonyl (C=O) groups excluding carboxylic acids is 2.